The number of hydrogen-bond donors (Lipinski definition) is 3. The van der Waals surface area contributed by atoms with Gasteiger partial charge in [-0.25, -0.2) is 15.0 Å². The van der Waals surface area contributed by atoms with Gasteiger partial charge in [0.2, 0.25) is 0 Å². The zero-order valence-electron chi connectivity index (χ0n) is 15.5. The van der Waals surface area contributed by atoms with E-state index in [4.69, 9.17) is 10.7 Å². The average Bonchev–Trinajstić information content (AvgIpc) is 3.51. The second-order valence-corrected chi connectivity index (χ2v) is 7.63. The van der Waals surface area contributed by atoms with Crippen LogP contribution in [0.15, 0.2) is 59.8 Å². The van der Waals surface area contributed by atoms with Crippen LogP contribution in [0.2, 0.25) is 0 Å². The Morgan fingerprint density at radius 2 is 1.87 bits per heavy atom. The average molecular weight is 410 g/mol. The molecule has 4 N–H and O–H groups in total. The van der Waals surface area contributed by atoms with E-state index in [0.29, 0.717) is 28.5 Å². The summed E-state index contributed by atoms with van der Waals surface area (Å²) >= 11 is 1.65. The third kappa shape index (κ3) is 2.64. The molecule has 0 spiro atoms. The van der Waals surface area contributed by atoms with Crippen molar-refractivity contribution >= 4 is 39.2 Å². The van der Waals surface area contributed by atoms with E-state index in [0.717, 1.165) is 33.2 Å². The van der Waals surface area contributed by atoms with Crippen molar-refractivity contribution in [3.05, 3.63) is 59.8 Å². The van der Waals surface area contributed by atoms with Gasteiger partial charge >= 0.3 is 0 Å². The summed E-state index contributed by atoms with van der Waals surface area (Å²) in [5.41, 5.74) is 13.3. The monoisotopic (exact) mass is 410 g/mol. The van der Waals surface area contributed by atoms with E-state index >= 15 is 0 Å². The van der Waals surface area contributed by atoms with Gasteiger partial charge in [-0.1, -0.05) is 0 Å². The SMILES string of the molecule is Nc1cncc(-c2cnc3[nH]nc(-c4nc5c(-c6ccsc6)ccnc5[nH]4)c3c2)c1. The molecule has 0 saturated carbocycles. The molecule has 6 heterocycles. The van der Waals surface area contributed by atoms with Crippen LogP contribution in [0.1, 0.15) is 0 Å². The standard InChI is InChI=1S/C21H14N8S/c22-14-5-12(7-23-9-14)13-6-16-18(28-29-19(16)25-8-13)21-26-17-15(11-2-4-30-10-11)1-3-24-20(17)27-21/h1-10H,22H2,(H,24,26,27)(H,25,28,29). The predicted molar refractivity (Wildman–Crippen MR) is 118 cm³/mol. The van der Waals surface area contributed by atoms with Crippen LogP contribution in [0, 0.1) is 0 Å². The molecule has 0 amide bonds. The second-order valence-electron chi connectivity index (χ2n) is 6.85. The fourth-order valence-corrected chi connectivity index (χ4v) is 4.19. The van der Waals surface area contributed by atoms with Crippen LogP contribution < -0.4 is 5.73 Å². The Morgan fingerprint density at radius 3 is 2.73 bits per heavy atom. The van der Waals surface area contributed by atoms with Crippen LogP contribution in [0.3, 0.4) is 0 Å². The number of imidazole rings is 1. The zero-order valence-corrected chi connectivity index (χ0v) is 16.3. The van der Waals surface area contributed by atoms with Gasteiger partial charge in [0.15, 0.2) is 17.1 Å². The Morgan fingerprint density at radius 1 is 0.933 bits per heavy atom. The summed E-state index contributed by atoms with van der Waals surface area (Å²) in [7, 11) is 0. The molecule has 144 valence electrons. The van der Waals surface area contributed by atoms with Crippen LogP contribution in [-0.2, 0) is 0 Å². The number of nitrogen functional groups attached to an aromatic ring is 1. The molecule has 0 radical (unpaired) electrons. The van der Waals surface area contributed by atoms with Gasteiger partial charge in [0.1, 0.15) is 11.2 Å². The molecule has 9 heteroatoms. The van der Waals surface area contributed by atoms with Gasteiger partial charge in [-0.05, 0) is 40.6 Å². The number of aromatic amines is 2. The van der Waals surface area contributed by atoms with Crippen LogP contribution in [0.4, 0.5) is 5.69 Å². The molecule has 6 aromatic rings. The van der Waals surface area contributed by atoms with E-state index < -0.39 is 0 Å². The number of pyridine rings is 3. The molecular weight excluding hydrogens is 396 g/mol. The highest BCUT2D eigenvalue weighted by molar-refractivity contribution is 7.08. The summed E-state index contributed by atoms with van der Waals surface area (Å²) in [6.45, 7) is 0. The molecule has 0 fully saturated rings. The molecule has 0 unspecified atom stereocenters. The number of thiophene rings is 1. The fourth-order valence-electron chi connectivity index (χ4n) is 3.53. The van der Waals surface area contributed by atoms with E-state index in [1.165, 1.54) is 0 Å². The maximum absolute atomic E-state index is 5.88. The molecule has 0 saturated heterocycles. The maximum Gasteiger partial charge on any atom is 0.161 e. The summed E-state index contributed by atoms with van der Waals surface area (Å²) in [5.74, 6) is 0.635. The van der Waals surface area contributed by atoms with E-state index in [9.17, 15) is 0 Å². The quantitative estimate of drug-likeness (QED) is 0.400. The number of aromatic nitrogens is 7. The predicted octanol–water partition coefficient (Wildman–Crippen LogP) is 4.27. The Balaban J connectivity index is 1.52. The summed E-state index contributed by atoms with van der Waals surface area (Å²) in [6, 6.07) is 7.93. The lowest BCUT2D eigenvalue weighted by Crippen LogP contribution is -1.89. The highest BCUT2D eigenvalue weighted by Crippen LogP contribution is 2.32. The van der Waals surface area contributed by atoms with Gasteiger partial charge < -0.3 is 10.7 Å². The first kappa shape index (κ1) is 16.8. The van der Waals surface area contributed by atoms with Gasteiger partial charge in [0.05, 0.1) is 11.1 Å². The first-order valence-corrected chi connectivity index (χ1v) is 10.1. The Bertz CT molecular complexity index is 1510. The van der Waals surface area contributed by atoms with E-state index in [1.807, 2.05) is 18.2 Å². The highest BCUT2D eigenvalue weighted by Gasteiger charge is 2.17. The van der Waals surface area contributed by atoms with E-state index in [1.54, 1.807) is 36.1 Å². The van der Waals surface area contributed by atoms with Crippen molar-refractivity contribution in [2.24, 2.45) is 0 Å². The number of hydrogen-bond acceptors (Lipinski definition) is 7. The van der Waals surface area contributed by atoms with Crippen LogP contribution in [-0.4, -0.2) is 35.1 Å². The molecule has 6 rings (SSSR count). The van der Waals surface area contributed by atoms with E-state index in [2.05, 4.69) is 47.0 Å². The van der Waals surface area contributed by atoms with Crippen molar-refractivity contribution in [2.45, 2.75) is 0 Å². The fraction of sp³-hybridized carbons (Fsp3) is 0. The number of nitrogens with one attached hydrogen (secondary N) is 2. The van der Waals surface area contributed by atoms with Gasteiger partial charge in [0.25, 0.3) is 0 Å². The smallest absolute Gasteiger partial charge is 0.161 e. The highest BCUT2D eigenvalue weighted by atomic mass is 32.1. The number of rotatable bonds is 3. The van der Waals surface area contributed by atoms with Crippen molar-refractivity contribution < 1.29 is 0 Å². The van der Waals surface area contributed by atoms with Crippen molar-refractivity contribution in [1.29, 1.82) is 0 Å². The van der Waals surface area contributed by atoms with Crippen molar-refractivity contribution in [3.63, 3.8) is 0 Å². The van der Waals surface area contributed by atoms with Crippen molar-refractivity contribution in [3.8, 4) is 33.8 Å². The molecule has 8 nitrogen and oxygen atoms in total. The van der Waals surface area contributed by atoms with Gasteiger partial charge in [0, 0.05) is 41.5 Å². The van der Waals surface area contributed by atoms with Gasteiger partial charge in [-0.2, -0.15) is 16.4 Å². The molecular formula is C21H14N8S. The summed E-state index contributed by atoms with van der Waals surface area (Å²) in [6.07, 6.45) is 6.93. The number of H-pyrrole nitrogens is 2. The lowest BCUT2D eigenvalue weighted by atomic mass is 10.1. The molecule has 6 aromatic heterocycles. The molecule has 0 aliphatic carbocycles. The third-order valence-electron chi connectivity index (χ3n) is 4.95. The minimum atomic E-state index is 0.601. The Hall–Kier alpha value is -4.11. The second kappa shape index (κ2) is 6.46. The topological polar surface area (TPSA) is 122 Å². The first-order valence-electron chi connectivity index (χ1n) is 9.19. The zero-order chi connectivity index (χ0) is 20.1. The number of fused-ring (bicyclic) bond motifs is 2. The molecule has 0 aliphatic rings. The number of nitrogens with zero attached hydrogens (tertiary/aromatic N) is 5. The third-order valence-corrected chi connectivity index (χ3v) is 5.63. The summed E-state index contributed by atoms with van der Waals surface area (Å²) < 4.78 is 0. The van der Waals surface area contributed by atoms with Crippen molar-refractivity contribution in [2.75, 3.05) is 5.73 Å². The summed E-state index contributed by atoms with van der Waals surface area (Å²) in [5, 5.41) is 12.4. The largest absolute Gasteiger partial charge is 0.397 e. The lowest BCUT2D eigenvalue weighted by Gasteiger charge is -2.02. The molecule has 0 bridgehead atoms. The van der Waals surface area contributed by atoms with Crippen LogP contribution >= 0.6 is 11.3 Å². The molecule has 0 aromatic carbocycles. The minimum absolute atomic E-state index is 0.601. The van der Waals surface area contributed by atoms with Crippen LogP contribution in [0.5, 0.6) is 0 Å². The summed E-state index contributed by atoms with van der Waals surface area (Å²) in [4.78, 5) is 21.2. The van der Waals surface area contributed by atoms with Gasteiger partial charge in [-0.3, -0.25) is 10.1 Å². The minimum Gasteiger partial charge on any atom is -0.397 e. The number of anilines is 1. The Labute approximate surface area is 173 Å². The normalized spacial score (nSPS) is 11.5. The Kier molecular flexibility index (Phi) is 3.62. The van der Waals surface area contributed by atoms with Gasteiger partial charge in [-0.15, -0.1) is 0 Å². The first-order chi connectivity index (χ1) is 14.8. The molecule has 30 heavy (non-hydrogen) atoms. The maximum atomic E-state index is 5.88. The molecule has 0 atom stereocenters. The molecule has 0 aliphatic heterocycles. The van der Waals surface area contributed by atoms with Crippen molar-refractivity contribution in [1.82, 2.24) is 35.1 Å². The lowest BCUT2D eigenvalue weighted by molar-refractivity contribution is 1.09. The number of nitrogens with two attached hydrogens (primary N) is 1. The van der Waals surface area contributed by atoms with Crippen LogP contribution in [0.25, 0.3) is 56.0 Å². The van der Waals surface area contributed by atoms with E-state index in [-0.39, 0.29) is 0 Å².